The Bertz CT molecular complexity index is 329. The molecule has 0 fully saturated rings. The maximum absolute atomic E-state index is 11.5. The normalized spacial score (nSPS) is 26.7. The zero-order valence-corrected chi connectivity index (χ0v) is 9.42. The van der Waals surface area contributed by atoms with Gasteiger partial charge in [-0.2, -0.15) is 0 Å². The Morgan fingerprint density at radius 2 is 1.93 bits per heavy atom. The Balaban J connectivity index is 3.12. The van der Waals surface area contributed by atoms with E-state index in [4.69, 9.17) is 0 Å². The molecule has 0 aromatic carbocycles. The molecule has 1 unspecified atom stereocenters. The van der Waals surface area contributed by atoms with Crippen LogP contribution in [0.25, 0.3) is 0 Å². The Morgan fingerprint density at radius 3 is 2.50 bits per heavy atom. The number of carbonyl (C=O) groups is 1. The average Bonchev–Trinajstić information content (AvgIpc) is 2.14. The third kappa shape index (κ3) is 2.03. The molecule has 1 aliphatic carbocycles. The van der Waals surface area contributed by atoms with Crippen LogP contribution in [0.5, 0.6) is 0 Å². The van der Waals surface area contributed by atoms with Crippen LogP contribution < -0.4 is 0 Å². The first-order valence-electron chi connectivity index (χ1n) is 5.11. The highest BCUT2D eigenvalue weighted by molar-refractivity contribution is 5.98. The van der Waals surface area contributed by atoms with Gasteiger partial charge in [0.15, 0.2) is 5.78 Å². The van der Waals surface area contributed by atoms with E-state index >= 15 is 0 Å². The van der Waals surface area contributed by atoms with Crippen LogP contribution >= 0.6 is 0 Å². The predicted molar refractivity (Wildman–Crippen MR) is 60.1 cm³/mol. The van der Waals surface area contributed by atoms with Crippen LogP contribution in [0.2, 0.25) is 0 Å². The Morgan fingerprint density at radius 1 is 1.29 bits per heavy atom. The molecule has 1 heteroatoms. The van der Waals surface area contributed by atoms with Crippen molar-refractivity contribution in [3.8, 4) is 0 Å². The highest BCUT2D eigenvalue weighted by Gasteiger charge is 2.23. The fraction of sp³-hybridized carbons (Fsp3) is 0.462. The molecule has 0 aliphatic heterocycles. The second kappa shape index (κ2) is 4.41. The maximum Gasteiger partial charge on any atom is 0.159 e. The molecule has 0 N–H and O–H groups in total. The third-order valence-electron chi connectivity index (χ3n) is 2.90. The van der Waals surface area contributed by atoms with Gasteiger partial charge in [-0.1, -0.05) is 25.2 Å². The van der Waals surface area contributed by atoms with Crippen molar-refractivity contribution in [3.63, 3.8) is 0 Å². The predicted octanol–water partition coefficient (Wildman–Crippen LogP) is 3.43. The van der Waals surface area contributed by atoms with Crippen LogP contribution in [-0.4, -0.2) is 5.78 Å². The van der Waals surface area contributed by atoms with Crippen molar-refractivity contribution in [1.82, 2.24) is 0 Å². The molecule has 0 spiro atoms. The monoisotopic (exact) mass is 190 g/mol. The minimum Gasteiger partial charge on any atom is -0.295 e. The minimum absolute atomic E-state index is 0.299. The summed E-state index contributed by atoms with van der Waals surface area (Å²) in [5.74, 6) is 0.662. The number of ketones is 1. The van der Waals surface area contributed by atoms with Gasteiger partial charge in [0, 0.05) is 6.42 Å². The van der Waals surface area contributed by atoms with Crippen LogP contribution in [0.1, 0.15) is 34.1 Å². The van der Waals surface area contributed by atoms with Gasteiger partial charge in [0.25, 0.3) is 0 Å². The van der Waals surface area contributed by atoms with Crippen LogP contribution in [0, 0.1) is 5.92 Å². The van der Waals surface area contributed by atoms with Gasteiger partial charge < -0.3 is 0 Å². The summed E-state index contributed by atoms with van der Waals surface area (Å²) in [5.41, 5.74) is 3.39. The van der Waals surface area contributed by atoms with E-state index in [0.717, 1.165) is 11.1 Å². The van der Waals surface area contributed by atoms with Crippen molar-refractivity contribution < 1.29 is 4.79 Å². The summed E-state index contributed by atoms with van der Waals surface area (Å²) in [5, 5.41) is 0. The molecule has 76 valence electrons. The van der Waals surface area contributed by atoms with Crippen molar-refractivity contribution in [2.45, 2.75) is 34.1 Å². The van der Waals surface area contributed by atoms with Gasteiger partial charge >= 0.3 is 0 Å². The van der Waals surface area contributed by atoms with E-state index in [1.807, 2.05) is 32.9 Å². The molecular weight excluding hydrogens is 172 g/mol. The van der Waals surface area contributed by atoms with Gasteiger partial charge in [0.1, 0.15) is 0 Å². The largest absolute Gasteiger partial charge is 0.295 e. The number of carbonyl (C=O) groups excluding carboxylic acids is 1. The van der Waals surface area contributed by atoms with Crippen molar-refractivity contribution in [2.24, 2.45) is 5.92 Å². The van der Waals surface area contributed by atoms with Crippen molar-refractivity contribution in [1.29, 1.82) is 0 Å². The SMILES string of the molecule is CC=CC=C1C(C)=C(C)C(=O)CC1C. The summed E-state index contributed by atoms with van der Waals surface area (Å²) < 4.78 is 0. The second-order valence-corrected chi connectivity index (χ2v) is 3.93. The summed E-state index contributed by atoms with van der Waals surface area (Å²) in [6, 6.07) is 0. The lowest BCUT2D eigenvalue weighted by atomic mass is 9.80. The van der Waals surface area contributed by atoms with E-state index in [9.17, 15) is 4.79 Å². The molecule has 0 saturated carbocycles. The average molecular weight is 190 g/mol. The topological polar surface area (TPSA) is 17.1 Å². The van der Waals surface area contributed by atoms with E-state index in [1.165, 1.54) is 5.57 Å². The number of allylic oxidation sites excluding steroid dienone is 6. The molecule has 1 nitrogen and oxygen atoms in total. The van der Waals surface area contributed by atoms with Gasteiger partial charge in [-0.25, -0.2) is 0 Å². The molecule has 0 saturated heterocycles. The summed E-state index contributed by atoms with van der Waals surface area (Å²) in [7, 11) is 0. The molecule has 1 aliphatic rings. The van der Waals surface area contributed by atoms with Gasteiger partial charge in [0.2, 0.25) is 0 Å². The van der Waals surface area contributed by atoms with Gasteiger partial charge in [-0.05, 0) is 43.4 Å². The molecule has 0 aromatic rings. The van der Waals surface area contributed by atoms with Gasteiger partial charge in [-0.15, -0.1) is 0 Å². The van der Waals surface area contributed by atoms with Crippen molar-refractivity contribution in [2.75, 3.05) is 0 Å². The zero-order valence-electron chi connectivity index (χ0n) is 9.42. The molecule has 0 heterocycles. The lowest BCUT2D eigenvalue weighted by molar-refractivity contribution is -0.116. The lowest BCUT2D eigenvalue weighted by Gasteiger charge is -2.23. The van der Waals surface area contributed by atoms with E-state index in [-0.39, 0.29) is 0 Å². The Hall–Kier alpha value is -1.11. The third-order valence-corrected chi connectivity index (χ3v) is 2.90. The number of Topliss-reactive ketones (excluding diaryl/α,β-unsaturated/α-hetero) is 1. The molecule has 0 aromatic heterocycles. The number of hydrogen-bond acceptors (Lipinski definition) is 1. The highest BCUT2D eigenvalue weighted by Crippen LogP contribution is 2.31. The molecule has 14 heavy (non-hydrogen) atoms. The van der Waals surface area contributed by atoms with Crippen LogP contribution in [0.4, 0.5) is 0 Å². The first-order valence-corrected chi connectivity index (χ1v) is 5.11. The molecule has 1 rings (SSSR count). The Kier molecular flexibility index (Phi) is 3.45. The van der Waals surface area contributed by atoms with E-state index in [0.29, 0.717) is 18.1 Å². The Labute approximate surface area is 86.2 Å². The number of rotatable bonds is 1. The zero-order chi connectivity index (χ0) is 10.7. The first-order chi connectivity index (χ1) is 6.57. The lowest BCUT2D eigenvalue weighted by Crippen LogP contribution is -2.17. The fourth-order valence-electron chi connectivity index (χ4n) is 1.83. The highest BCUT2D eigenvalue weighted by atomic mass is 16.1. The smallest absolute Gasteiger partial charge is 0.159 e. The quantitative estimate of drug-likeness (QED) is 0.619. The molecule has 0 bridgehead atoms. The summed E-state index contributed by atoms with van der Waals surface area (Å²) >= 11 is 0. The summed E-state index contributed by atoms with van der Waals surface area (Å²) in [6.45, 7) is 8.08. The second-order valence-electron chi connectivity index (χ2n) is 3.93. The van der Waals surface area contributed by atoms with Crippen molar-refractivity contribution >= 4 is 5.78 Å². The molecule has 1 atom stereocenters. The summed E-state index contributed by atoms with van der Waals surface area (Å²) in [4.78, 5) is 11.5. The number of hydrogen-bond donors (Lipinski definition) is 0. The van der Waals surface area contributed by atoms with E-state index in [2.05, 4.69) is 13.0 Å². The van der Waals surface area contributed by atoms with E-state index < -0.39 is 0 Å². The fourth-order valence-corrected chi connectivity index (χ4v) is 1.83. The van der Waals surface area contributed by atoms with Crippen LogP contribution in [-0.2, 0) is 4.79 Å². The molecule has 0 amide bonds. The minimum atomic E-state index is 0.299. The van der Waals surface area contributed by atoms with Crippen LogP contribution in [0.3, 0.4) is 0 Å². The maximum atomic E-state index is 11.5. The standard InChI is InChI=1S/C13H18O/c1-5-6-7-12-9(2)8-13(14)11(4)10(12)3/h5-7,9H,8H2,1-4H3. The molecule has 0 radical (unpaired) electrons. The van der Waals surface area contributed by atoms with Gasteiger partial charge in [0.05, 0.1) is 0 Å². The summed E-state index contributed by atoms with van der Waals surface area (Å²) in [6.07, 6.45) is 6.83. The molecular formula is C13H18O. The first kappa shape index (κ1) is 11.0. The van der Waals surface area contributed by atoms with Crippen LogP contribution in [0.15, 0.2) is 34.9 Å². The van der Waals surface area contributed by atoms with Gasteiger partial charge in [-0.3, -0.25) is 4.79 Å². The van der Waals surface area contributed by atoms with Crippen molar-refractivity contribution in [3.05, 3.63) is 34.9 Å². The van der Waals surface area contributed by atoms with E-state index in [1.54, 1.807) is 0 Å².